The quantitative estimate of drug-likeness (QED) is 0.369. The molecule has 37 heavy (non-hydrogen) atoms. The highest BCUT2D eigenvalue weighted by Crippen LogP contribution is 2.29. The molecule has 1 heterocycles. The average molecular weight is 504 g/mol. The van der Waals surface area contributed by atoms with E-state index in [0.29, 0.717) is 43.5 Å². The minimum absolute atomic E-state index is 0.0368. The maximum absolute atomic E-state index is 13.3. The molecule has 4 N–H and O–H groups in total. The molecule has 1 fully saturated rings. The second kappa shape index (κ2) is 11.7. The summed E-state index contributed by atoms with van der Waals surface area (Å²) in [5.41, 5.74) is 3.33. The van der Waals surface area contributed by atoms with Crippen molar-refractivity contribution in [3.63, 3.8) is 0 Å². The number of rotatable bonds is 8. The Balaban J connectivity index is 1.48. The average Bonchev–Trinajstić information content (AvgIpc) is 3.43. The van der Waals surface area contributed by atoms with Crippen LogP contribution in [-0.4, -0.2) is 58.0 Å². The van der Waals surface area contributed by atoms with Gasteiger partial charge in [0.1, 0.15) is 5.82 Å². The molecule has 1 saturated carbocycles. The molecule has 9 nitrogen and oxygen atoms in total. The van der Waals surface area contributed by atoms with E-state index in [4.69, 9.17) is 0 Å². The molecular weight excluding hydrogens is 470 g/mol. The van der Waals surface area contributed by atoms with E-state index in [-0.39, 0.29) is 29.8 Å². The Bertz CT molecular complexity index is 1220. The fourth-order valence-electron chi connectivity index (χ4n) is 4.84. The van der Waals surface area contributed by atoms with E-state index >= 15 is 0 Å². The van der Waals surface area contributed by atoms with Crippen molar-refractivity contribution >= 4 is 17.9 Å². The number of nitrogens with one attached hydrogen (secondary N) is 3. The van der Waals surface area contributed by atoms with E-state index in [2.05, 4.69) is 20.6 Å². The molecule has 0 saturated heterocycles. The van der Waals surface area contributed by atoms with E-state index in [1.807, 2.05) is 42.5 Å². The van der Waals surface area contributed by atoms with E-state index in [1.54, 1.807) is 32.4 Å². The predicted molar refractivity (Wildman–Crippen MR) is 140 cm³/mol. The summed E-state index contributed by atoms with van der Waals surface area (Å²) in [4.78, 5) is 45.7. The number of carbonyl (C=O) groups excluding carboxylic acids is 2. The number of imidazole rings is 1. The third kappa shape index (κ3) is 6.35. The lowest BCUT2D eigenvalue weighted by Crippen LogP contribution is -2.42. The van der Waals surface area contributed by atoms with Crippen LogP contribution in [0, 0.1) is 5.92 Å². The molecule has 3 aromatic rings. The van der Waals surface area contributed by atoms with Crippen molar-refractivity contribution in [1.29, 1.82) is 0 Å². The van der Waals surface area contributed by atoms with E-state index in [0.717, 1.165) is 16.8 Å². The summed E-state index contributed by atoms with van der Waals surface area (Å²) in [5, 5.41) is 15.1. The van der Waals surface area contributed by atoms with Crippen molar-refractivity contribution in [3.05, 3.63) is 77.7 Å². The molecule has 4 rings (SSSR count). The number of H-pyrrole nitrogens is 1. The number of carbonyl (C=O) groups is 3. The number of benzene rings is 2. The van der Waals surface area contributed by atoms with Gasteiger partial charge in [0, 0.05) is 31.6 Å². The van der Waals surface area contributed by atoms with E-state index in [9.17, 15) is 19.5 Å². The number of carboxylic acid groups (broad SMARTS) is 1. The van der Waals surface area contributed by atoms with Crippen LogP contribution in [0.25, 0.3) is 11.3 Å². The third-order valence-corrected chi connectivity index (χ3v) is 7.13. The normalized spacial score (nSPS) is 18.0. The summed E-state index contributed by atoms with van der Waals surface area (Å²) >= 11 is 0. The maximum Gasteiger partial charge on any atom is 0.407 e. The molecule has 0 unspecified atom stereocenters. The zero-order valence-corrected chi connectivity index (χ0v) is 21.1. The van der Waals surface area contributed by atoms with E-state index < -0.39 is 6.09 Å². The second-order valence-electron chi connectivity index (χ2n) is 9.49. The van der Waals surface area contributed by atoms with Gasteiger partial charge >= 0.3 is 6.09 Å². The first-order chi connectivity index (χ1) is 17.9. The molecule has 1 aliphatic rings. The van der Waals surface area contributed by atoms with Gasteiger partial charge in [-0.2, -0.15) is 0 Å². The number of hydrogen-bond donors (Lipinski definition) is 4. The Kier molecular flexibility index (Phi) is 8.22. The zero-order valence-electron chi connectivity index (χ0n) is 21.1. The standard InChI is InChI=1S/C28H33N5O4/c1-29-26(34)20-10-8-19(9-11-20)24-17-30-25(31-24)23(16-18-6-4-3-5-7-18)32-27(35)21-12-14-22(15-13-21)33(2)28(36)37/h3-11,17,21-23H,12-16H2,1-2H3,(H,29,34)(H,30,31)(H,32,35)(H,36,37)/t21?,22?,23-/m0/s1. The minimum atomic E-state index is -0.937. The first-order valence-electron chi connectivity index (χ1n) is 12.5. The van der Waals surface area contributed by atoms with Crippen molar-refractivity contribution in [2.75, 3.05) is 14.1 Å². The fraction of sp³-hybridized carbons (Fsp3) is 0.357. The molecule has 9 heteroatoms. The first-order valence-corrected chi connectivity index (χ1v) is 12.5. The van der Waals surface area contributed by atoms with Crippen molar-refractivity contribution in [2.24, 2.45) is 5.92 Å². The van der Waals surface area contributed by atoms with Gasteiger partial charge in [0.15, 0.2) is 0 Å². The molecular formula is C28H33N5O4. The predicted octanol–water partition coefficient (Wildman–Crippen LogP) is 4.00. The maximum atomic E-state index is 13.3. The molecule has 194 valence electrons. The number of hydrogen-bond acceptors (Lipinski definition) is 4. The third-order valence-electron chi connectivity index (χ3n) is 7.13. The highest BCUT2D eigenvalue weighted by Gasteiger charge is 2.31. The first kappa shape index (κ1) is 25.9. The van der Waals surface area contributed by atoms with Crippen LogP contribution >= 0.6 is 0 Å². The van der Waals surface area contributed by atoms with Gasteiger partial charge < -0.3 is 25.6 Å². The second-order valence-corrected chi connectivity index (χ2v) is 9.49. The van der Waals surface area contributed by atoms with Crippen molar-refractivity contribution in [3.8, 4) is 11.3 Å². The molecule has 1 atom stereocenters. The molecule has 0 aliphatic heterocycles. The Morgan fingerprint density at radius 2 is 1.73 bits per heavy atom. The fourth-order valence-corrected chi connectivity index (χ4v) is 4.84. The molecule has 3 amide bonds. The van der Waals surface area contributed by atoms with Gasteiger partial charge in [-0.05, 0) is 55.4 Å². The van der Waals surface area contributed by atoms with Crippen LogP contribution in [0.2, 0.25) is 0 Å². The van der Waals surface area contributed by atoms with Crippen molar-refractivity contribution in [2.45, 2.75) is 44.2 Å². The summed E-state index contributed by atoms with van der Waals surface area (Å²) in [5.74, 6) is 0.307. The molecule has 0 bridgehead atoms. The number of aromatic amines is 1. The van der Waals surface area contributed by atoms with Gasteiger partial charge in [0.25, 0.3) is 5.91 Å². The smallest absolute Gasteiger partial charge is 0.407 e. The molecule has 0 spiro atoms. The summed E-state index contributed by atoms with van der Waals surface area (Å²) in [6.45, 7) is 0. The zero-order chi connectivity index (χ0) is 26.4. The highest BCUT2D eigenvalue weighted by atomic mass is 16.4. The van der Waals surface area contributed by atoms with Gasteiger partial charge in [-0.1, -0.05) is 42.5 Å². The summed E-state index contributed by atoms with van der Waals surface area (Å²) in [6, 6.07) is 16.8. The summed E-state index contributed by atoms with van der Waals surface area (Å²) in [6.07, 6.45) is 4.00. The molecule has 1 aromatic heterocycles. The van der Waals surface area contributed by atoms with Gasteiger partial charge in [0.05, 0.1) is 17.9 Å². The number of aromatic nitrogens is 2. The Hall–Kier alpha value is -4.14. The van der Waals surface area contributed by atoms with Gasteiger partial charge in [-0.3, -0.25) is 9.59 Å². The Morgan fingerprint density at radius 3 is 2.35 bits per heavy atom. The minimum Gasteiger partial charge on any atom is -0.465 e. The van der Waals surface area contributed by atoms with Crippen LogP contribution in [0.3, 0.4) is 0 Å². The van der Waals surface area contributed by atoms with Crippen molar-refractivity contribution < 1.29 is 19.5 Å². The van der Waals surface area contributed by atoms with E-state index in [1.165, 1.54) is 4.90 Å². The molecule has 2 aromatic carbocycles. The lowest BCUT2D eigenvalue weighted by molar-refractivity contribution is -0.127. The summed E-state index contributed by atoms with van der Waals surface area (Å²) in [7, 11) is 3.18. The van der Waals surface area contributed by atoms with Crippen LogP contribution < -0.4 is 10.6 Å². The Morgan fingerprint density at radius 1 is 1.05 bits per heavy atom. The Labute approximate surface area is 216 Å². The number of amides is 3. The van der Waals surface area contributed by atoms with Crippen LogP contribution in [0.1, 0.15) is 53.5 Å². The summed E-state index contributed by atoms with van der Waals surface area (Å²) < 4.78 is 0. The lowest BCUT2D eigenvalue weighted by Gasteiger charge is -2.33. The van der Waals surface area contributed by atoms with Crippen molar-refractivity contribution in [1.82, 2.24) is 25.5 Å². The highest BCUT2D eigenvalue weighted by molar-refractivity contribution is 5.94. The molecule has 1 aliphatic carbocycles. The van der Waals surface area contributed by atoms with Crippen LogP contribution in [-0.2, 0) is 11.2 Å². The largest absolute Gasteiger partial charge is 0.465 e. The van der Waals surface area contributed by atoms with Crippen LogP contribution in [0.4, 0.5) is 4.79 Å². The van der Waals surface area contributed by atoms with Crippen LogP contribution in [0.5, 0.6) is 0 Å². The van der Waals surface area contributed by atoms with Gasteiger partial charge in [0.2, 0.25) is 5.91 Å². The SMILES string of the molecule is CNC(=O)c1ccc(-c2cnc([C@H](Cc3ccccc3)NC(=O)C3CCC(N(C)C(=O)O)CC3)[nH]2)cc1. The lowest BCUT2D eigenvalue weighted by atomic mass is 9.84. The van der Waals surface area contributed by atoms with Gasteiger partial charge in [-0.15, -0.1) is 0 Å². The molecule has 0 radical (unpaired) electrons. The topological polar surface area (TPSA) is 127 Å². The van der Waals surface area contributed by atoms with Crippen LogP contribution in [0.15, 0.2) is 60.8 Å². The monoisotopic (exact) mass is 503 g/mol. The van der Waals surface area contributed by atoms with Gasteiger partial charge in [-0.25, -0.2) is 9.78 Å². The number of nitrogens with zero attached hydrogens (tertiary/aromatic N) is 2.